The molecule has 0 unspecified atom stereocenters. The minimum absolute atomic E-state index is 0.815. The van der Waals surface area contributed by atoms with E-state index in [1.165, 1.54) is 51.5 Å². The molecule has 2 fully saturated rings. The highest BCUT2D eigenvalue weighted by atomic mass is 15.2. The van der Waals surface area contributed by atoms with Gasteiger partial charge in [0.1, 0.15) is 0 Å². The molecular weight excluding hydrogens is 182 g/mol. The van der Waals surface area contributed by atoms with Crippen LogP contribution in [0, 0.1) is 5.92 Å². The summed E-state index contributed by atoms with van der Waals surface area (Å²) in [5, 5.41) is 0. The van der Waals surface area contributed by atoms with Crippen LogP contribution in [0.5, 0.6) is 0 Å². The van der Waals surface area contributed by atoms with Gasteiger partial charge in [0.25, 0.3) is 0 Å². The van der Waals surface area contributed by atoms with E-state index >= 15 is 0 Å². The predicted molar refractivity (Wildman–Crippen MR) is 66.0 cm³/mol. The second-order valence-corrected chi connectivity index (χ2v) is 5.22. The van der Waals surface area contributed by atoms with E-state index in [2.05, 4.69) is 24.5 Å². The van der Waals surface area contributed by atoms with Crippen LogP contribution < -0.4 is 0 Å². The van der Waals surface area contributed by atoms with Crippen molar-refractivity contribution in [3.8, 4) is 0 Å². The van der Waals surface area contributed by atoms with Crippen molar-refractivity contribution >= 4 is 0 Å². The molecular formula is C14H25N. The number of rotatable bonds is 3. The molecule has 0 aromatic carbocycles. The number of nitrogens with zero attached hydrogens (tertiary/aromatic N) is 1. The van der Waals surface area contributed by atoms with Crippen LogP contribution in [0.2, 0.25) is 0 Å². The highest BCUT2D eigenvalue weighted by Gasteiger charge is 2.36. The molecule has 0 amide bonds. The van der Waals surface area contributed by atoms with E-state index < -0.39 is 0 Å². The van der Waals surface area contributed by atoms with Gasteiger partial charge in [-0.05, 0) is 44.6 Å². The molecule has 3 atom stereocenters. The summed E-state index contributed by atoms with van der Waals surface area (Å²) >= 11 is 0. The lowest BCUT2D eigenvalue weighted by Gasteiger charge is -2.49. The predicted octanol–water partition coefficient (Wildman–Crippen LogP) is 3.61. The molecule has 0 radical (unpaired) electrons. The first kappa shape index (κ1) is 11.2. The van der Waals surface area contributed by atoms with Crippen LogP contribution in [0.3, 0.4) is 0 Å². The second-order valence-electron chi connectivity index (χ2n) is 5.22. The van der Waals surface area contributed by atoms with Gasteiger partial charge in [0.05, 0.1) is 0 Å². The minimum Gasteiger partial charge on any atom is -0.297 e. The maximum Gasteiger partial charge on any atom is 0.0133 e. The van der Waals surface area contributed by atoms with Crippen LogP contribution in [0.4, 0.5) is 0 Å². The Balaban J connectivity index is 2.04. The molecule has 0 saturated carbocycles. The Kier molecular flexibility index (Phi) is 3.85. The molecule has 86 valence electrons. The molecule has 0 N–H and O–H groups in total. The van der Waals surface area contributed by atoms with Crippen molar-refractivity contribution in [2.75, 3.05) is 6.54 Å². The molecule has 0 aromatic rings. The SMILES string of the molecule is C=CC[C@H]1CC[C@H](CC)[C@H]2CCCCN12. The third-order valence-electron chi connectivity index (χ3n) is 4.44. The highest BCUT2D eigenvalue weighted by Crippen LogP contribution is 2.36. The third-order valence-corrected chi connectivity index (χ3v) is 4.44. The fourth-order valence-electron chi connectivity index (χ4n) is 3.63. The Bertz CT molecular complexity index is 211. The van der Waals surface area contributed by atoms with Gasteiger partial charge in [-0.1, -0.05) is 25.8 Å². The van der Waals surface area contributed by atoms with Crippen LogP contribution in [0.1, 0.15) is 51.9 Å². The molecule has 2 aliphatic heterocycles. The molecule has 0 spiro atoms. The Morgan fingerprint density at radius 2 is 2.13 bits per heavy atom. The van der Waals surface area contributed by atoms with E-state index in [1.807, 2.05) is 0 Å². The fourth-order valence-corrected chi connectivity index (χ4v) is 3.63. The lowest BCUT2D eigenvalue weighted by Crippen LogP contribution is -2.52. The van der Waals surface area contributed by atoms with Gasteiger partial charge in [-0.3, -0.25) is 4.90 Å². The van der Waals surface area contributed by atoms with Crippen LogP contribution in [-0.4, -0.2) is 23.5 Å². The van der Waals surface area contributed by atoms with Gasteiger partial charge in [-0.2, -0.15) is 0 Å². The Morgan fingerprint density at radius 3 is 2.87 bits per heavy atom. The van der Waals surface area contributed by atoms with E-state index in [0.29, 0.717) is 0 Å². The van der Waals surface area contributed by atoms with Gasteiger partial charge in [0.15, 0.2) is 0 Å². The zero-order valence-electron chi connectivity index (χ0n) is 10.1. The monoisotopic (exact) mass is 207 g/mol. The summed E-state index contributed by atoms with van der Waals surface area (Å²) in [6.07, 6.45) is 11.9. The number of hydrogen-bond donors (Lipinski definition) is 0. The molecule has 2 rings (SSSR count). The van der Waals surface area contributed by atoms with E-state index in [9.17, 15) is 0 Å². The van der Waals surface area contributed by atoms with Crippen LogP contribution >= 0.6 is 0 Å². The van der Waals surface area contributed by atoms with Crippen LogP contribution in [0.15, 0.2) is 12.7 Å². The van der Waals surface area contributed by atoms with Gasteiger partial charge in [0.2, 0.25) is 0 Å². The smallest absolute Gasteiger partial charge is 0.0133 e. The van der Waals surface area contributed by atoms with Crippen LogP contribution in [-0.2, 0) is 0 Å². The first-order valence-corrected chi connectivity index (χ1v) is 6.73. The lowest BCUT2D eigenvalue weighted by molar-refractivity contribution is 0.0118. The minimum atomic E-state index is 0.815. The maximum atomic E-state index is 3.90. The number of piperidine rings is 2. The molecule has 0 aromatic heterocycles. The average Bonchev–Trinajstić information content (AvgIpc) is 2.30. The fraction of sp³-hybridized carbons (Fsp3) is 0.857. The summed E-state index contributed by atoms with van der Waals surface area (Å²) in [5.74, 6) is 0.978. The molecule has 15 heavy (non-hydrogen) atoms. The summed E-state index contributed by atoms with van der Waals surface area (Å²) in [7, 11) is 0. The average molecular weight is 207 g/mol. The zero-order chi connectivity index (χ0) is 10.7. The summed E-state index contributed by atoms with van der Waals surface area (Å²) in [6, 6.07) is 1.72. The Labute approximate surface area is 94.5 Å². The van der Waals surface area contributed by atoms with Crippen molar-refractivity contribution in [2.24, 2.45) is 5.92 Å². The second kappa shape index (κ2) is 5.16. The number of hydrogen-bond acceptors (Lipinski definition) is 1. The van der Waals surface area contributed by atoms with E-state index in [-0.39, 0.29) is 0 Å². The zero-order valence-corrected chi connectivity index (χ0v) is 10.1. The summed E-state index contributed by atoms with van der Waals surface area (Å²) in [4.78, 5) is 2.81. The molecule has 0 aliphatic carbocycles. The van der Waals surface area contributed by atoms with Crippen molar-refractivity contribution < 1.29 is 0 Å². The summed E-state index contributed by atoms with van der Waals surface area (Å²) in [5.41, 5.74) is 0. The maximum absolute atomic E-state index is 3.90. The molecule has 1 heteroatoms. The molecule has 2 saturated heterocycles. The largest absolute Gasteiger partial charge is 0.297 e. The van der Waals surface area contributed by atoms with Crippen molar-refractivity contribution in [1.29, 1.82) is 0 Å². The molecule has 2 aliphatic rings. The van der Waals surface area contributed by atoms with Gasteiger partial charge < -0.3 is 0 Å². The summed E-state index contributed by atoms with van der Waals surface area (Å²) < 4.78 is 0. The van der Waals surface area contributed by atoms with E-state index in [1.54, 1.807) is 0 Å². The number of fused-ring (bicyclic) bond motifs is 1. The lowest BCUT2D eigenvalue weighted by atomic mass is 9.78. The molecule has 1 nitrogen and oxygen atoms in total. The first-order chi connectivity index (χ1) is 7.36. The van der Waals surface area contributed by atoms with Crippen molar-refractivity contribution in [3.05, 3.63) is 12.7 Å². The quantitative estimate of drug-likeness (QED) is 0.639. The van der Waals surface area contributed by atoms with Gasteiger partial charge in [-0.25, -0.2) is 0 Å². The van der Waals surface area contributed by atoms with E-state index in [0.717, 1.165) is 18.0 Å². The standard InChI is InChI=1S/C14H25N/c1-3-7-13-10-9-12(4-2)14-8-5-6-11-15(13)14/h3,12-14H,1,4-11H2,2H3/t12-,13-,14+/m0/s1. The first-order valence-electron chi connectivity index (χ1n) is 6.73. The van der Waals surface area contributed by atoms with Crippen molar-refractivity contribution in [2.45, 2.75) is 64.0 Å². The van der Waals surface area contributed by atoms with Gasteiger partial charge in [-0.15, -0.1) is 6.58 Å². The normalized spacial score (nSPS) is 37.3. The topological polar surface area (TPSA) is 3.24 Å². The molecule has 2 heterocycles. The van der Waals surface area contributed by atoms with Crippen LogP contribution in [0.25, 0.3) is 0 Å². The van der Waals surface area contributed by atoms with Gasteiger partial charge >= 0.3 is 0 Å². The summed E-state index contributed by atoms with van der Waals surface area (Å²) in [6.45, 7) is 7.62. The Hall–Kier alpha value is -0.300. The third kappa shape index (κ3) is 2.28. The molecule has 0 bridgehead atoms. The highest BCUT2D eigenvalue weighted by molar-refractivity contribution is 4.94. The van der Waals surface area contributed by atoms with E-state index in [4.69, 9.17) is 0 Å². The van der Waals surface area contributed by atoms with Crippen molar-refractivity contribution in [1.82, 2.24) is 4.90 Å². The van der Waals surface area contributed by atoms with Gasteiger partial charge in [0, 0.05) is 12.1 Å². The Morgan fingerprint density at radius 1 is 1.27 bits per heavy atom. The van der Waals surface area contributed by atoms with Crippen molar-refractivity contribution in [3.63, 3.8) is 0 Å².